The van der Waals surface area contributed by atoms with Crippen molar-refractivity contribution in [2.75, 3.05) is 25.1 Å². The second-order valence-electron chi connectivity index (χ2n) is 8.59. The molecule has 3 atom stereocenters. The lowest BCUT2D eigenvalue weighted by molar-refractivity contribution is 0.0697. The van der Waals surface area contributed by atoms with Crippen LogP contribution < -0.4 is 9.64 Å². The fourth-order valence-corrected chi connectivity index (χ4v) is 5.11. The number of rotatable bonds is 0. The first-order valence-electron chi connectivity index (χ1n) is 10.3. The zero-order valence-electron chi connectivity index (χ0n) is 16.9. The molecule has 1 saturated carbocycles. The highest BCUT2D eigenvalue weighted by Crippen LogP contribution is 2.64. The maximum atomic E-state index is 14.3. The molecule has 2 aromatic heterocycles. The lowest BCUT2D eigenvalue weighted by Gasteiger charge is -2.31. The number of hydrogen-bond acceptors (Lipinski definition) is 5. The molecular formula is C22H22FN5O2. The first-order chi connectivity index (χ1) is 14.5. The Morgan fingerprint density at radius 3 is 3.00 bits per heavy atom. The van der Waals surface area contributed by atoms with E-state index in [4.69, 9.17) is 9.72 Å². The summed E-state index contributed by atoms with van der Waals surface area (Å²) in [7, 11) is 1.75. The Balaban J connectivity index is 1.58. The van der Waals surface area contributed by atoms with E-state index in [-0.39, 0.29) is 23.3 Å². The van der Waals surface area contributed by atoms with E-state index < -0.39 is 0 Å². The smallest absolute Gasteiger partial charge is 0.259 e. The van der Waals surface area contributed by atoms with Crippen LogP contribution in [-0.2, 0) is 5.54 Å². The lowest BCUT2D eigenvalue weighted by atomic mass is 10.0. The number of aromatic nitrogens is 3. The van der Waals surface area contributed by atoms with Crippen molar-refractivity contribution in [2.24, 2.45) is 5.92 Å². The van der Waals surface area contributed by atoms with Gasteiger partial charge in [-0.15, -0.1) is 0 Å². The molecule has 0 N–H and O–H groups in total. The predicted molar refractivity (Wildman–Crippen MR) is 108 cm³/mol. The van der Waals surface area contributed by atoms with Gasteiger partial charge in [-0.05, 0) is 49.9 Å². The van der Waals surface area contributed by atoms with Crippen molar-refractivity contribution in [3.63, 3.8) is 0 Å². The molecule has 1 aliphatic carbocycles. The number of nitrogens with zero attached hydrogens (tertiary/aromatic N) is 5. The van der Waals surface area contributed by atoms with Crippen LogP contribution in [-0.4, -0.2) is 51.6 Å². The van der Waals surface area contributed by atoms with Gasteiger partial charge < -0.3 is 14.5 Å². The van der Waals surface area contributed by atoms with Crippen molar-refractivity contribution < 1.29 is 13.9 Å². The van der Waals surface area contributed by atoms with Gasteiger partial charge in [0, 0.05) is 25.4 Å². The maximum Gasteiger partial charge on any atom is 0.259 e. The molecule has 4 heterocycles. The molecule has 30 heavy (non-hydrogen) atoms. The zero-order chi connectivity index (χ0) is 20.6. The largest absolute Gasteiger partial charge is 0.491 e. The number of carbonyl (C=O) groups is 1. The van der Waals surface area contributed by atoms with Crippen LogP contribution in [0, 0.1) is 11.7 Å². The van der Waals surface area contributed by atoms with E-state index >= 15 is 0 Å². The number of carbonyl (C=O) groups excluding carboxylic acids is 1. The van der Waals surface area contributed by atoms with Gasteiger partial charge in [0.15, 0.2) is 5.65 Å². The van der Waals surface area contributed by atoms with E-state index in [1.807, 2.05) is 19.2 Å². The fourth-order valence-electron chi connectivity index (χ4n) is 5.11. The number of fused-ring (bicyclic) bond motifs is 3. The van der Waals surface area contributed by atoms with Gasteiger partial charge in [0.2, 0.25) is 0 Å². The van der Waals surface area contributed by atoms with Crippen molar-refractivity contribution in [2.45, 2.75) is 31.3 Å². The molecule has 1 aromatic carbocycles. The molecule has 2 bridgehead atoms. The lowest BCUT2D eigenvalue weighted by Crippen LogP contribution is -2.39. The first-order valence-corrected chi connectivity index (χ1v) is 10.3. The number of ether oxygens (including phenoxy) is 1. The van der Waals surface area contributed by atoms with Crippen molar-refractivity contribution in [1.29, 1.82) is 0 Å². The fraction of sp³-hybridized carbons (Fsp3) is 0.409. The van der Waals surface area contributed by atoms with Gasteiger partial charge in [0.25, 0.3) is 5.91 Å². The number of anilines is 1. The Morgan fingerprint density at radius 1 is 1.30 bits per heavy atom. The summed E-state index contributed by atoms with van der Waals surface area (Å²) in [4.78, 5) is 21.9. The normalized spacial score (nSPS) is 27.6. The summed E-state index contributed by atoms with van der Waals surface area (Å²) in [6, 6.07) is 6.50. The standard InChI is InChI=1S/C22H22FN5O2/c1-13-12-30-18-4-3-15(23)9-17(18)22-10-14(22)5-7-27(22)19-6-8-28-20(25-19)16(11-24-28)21(29)26(13)2/h3-4,6,8-9,11,13-14H,5,7,10,12H2,1-2H3/t13-,14+,22-/m1/s1. The number of benzene rings is 1. The van der Waals surface area contributed by atoms with Gasteiger partial charge in [0.1, 0.15) is 29.6 Å². The third kappa shape index (κ3) is 2.27. The van der Waals surface area contributed by atoms with E-state index in [9.17, 15) is 9.18 Å². The highest BCUT2D eigenvalue weighted by atomic mass is 19.1. The minimum absolute atomic E-state index is 0.148. The molecule has 2 aliphatic heterocycles. The summed E-state index contributed by atoms with van der Waals surface area (Å²) in [5, 5.41) is 4.31. The van der Waals surface area contributed by atoms with E-state index in [1.54, 1.807) is 34.8 Å². The summed E-state index contributed by atoms with van der Waals surface area (Å²) < 4.78 is 22.1. The monoisotopic (exact) mass is 407 g/mol. The van der Waals surface area contributed by atoms with Crippen molar-refractivity contribution >= 4 is 17.4 Å². The summed E-state index contributed by atoms with van der Waals surface area (Å²) in [5.74, 6) is 1.49. The van der Waals surface area contributed by atoms with Crippen LogP contribution in [0.1, 0.15) is 35.7 Å². The molecule has 6 rings (SSSR count). The van der Waals surface area contributed by atoms with Gasteiger partial charge in [-0.3, -0.25) is 4.79 Å². The van der Waals surface area contributed by atoms with Crippen LogP contribution in [0.5, 0.6) is 5.75 Å². The number of amides is 1. The van der Waals surface area contributed by atoms with Crippen LogP contribution in [0.3, 0.4) is 0 Å². The van der Waals surface area contributed by atoms with Crippen LogP contribution in [0.15, 0.2) is 36.7 Å². The molecule has 7 nitrogen and oxygen atoms in total. The molecule has 154 valence electrons. The summed E-state index contributed by atoms with van der Waals surface area (Å²) in [5.41, 5.74) is 1.57. The molecule has 1 amide bonds. The van der Waals surface area contributed by atoms with Gasteiger partial charge in [-0.2, -0.15) is 5.10 Å². The number of likely N-dealkylation sites (N-methyl/N-ethyl adjacent to an activating group) is 1. The molecule has 3 aromatic rings. The van der Waals surface area contributed by atoms with Crippen molar-refractivity contribution in [1.82, 2.24) is 19.5 Å². The molecular weight excluding hydrogens is 385 g/mol. The van der Waals surface area contributed by atoms with E-state index in [1.165, 1.54) is 6.07 Å². The van der Waals surface area contributed by atoms with E-state index in [0.29, 0.717) is 29.5 Å². The molecule has 1 saturated heterocycles. The van der Waals surface area contributed by atoms with Gasteiger partial charge in [-0.25, -0.2) is 13.9 Å². The van der Waals surface area contributed by atoms with E-state index in [2.05, 4.69) is 10.00 Å². The van der Waals surface area contributed by atoms with Crippen LogP contribution in [0.4, 0.5) is 10.2 Å². The number of hydrogen-bond donors (Lipinski definition) is 0. The Kier molecular flexibility index (Phi) is 3.50. The molecule has 0 unspecified atom stereocenters. The van der Waals surface area contributed by atoms with Gasteiger partial charge >= 0.3 is 0 Å². The number of piperidine rings is 1. The van der Waals surface area contributed by atoms with Crippen molar-refractivity contribution in [3.05, 3.63) is 53.6 Å². The summed E-state index contributed by atoms with van der Waals surface area (Å²) in [6.45, 7) is 3.08. The van der Waals surface area contributed by atoms with Crippen molar-refractivity contribution in [3.8, 4) is 5.75 Å². The van der Waals surface area contributed by atoms with Gasteiger partial charge in [-0.1, -0.05) is 0 Å². The highest BCUT2D eigenvalue weighted by molar-refractivity contribution is 5.99. The van der Waals surface area contributed by atoms with Crippen LogP contribution >= 0.6 is 0 Å². The molecule has 3 aliphatic rings. The second kappa shape index (κ2) is 5.93. The SMILES string of the molecule is C[C@@H]1COc2ccc(F)cc2[C@@]23C[C@@H]2CCN3c2ccn3ncc(c3n2)C(=O)N1C. The summed E-state index contributed by atoms with van der Waals surface area (Å²) in [6.07, 6.45) is 5.37. The zero-order valence-corrected chi connectivity index (χ0v) is 16.9. The van der Waals surface area contributed by atoms with Crippen LogP contribution in [0.2, 0.25) is 0 Å². The van der Waals surface area contributed by atoms with E-state index in [0.717, 1.165) is 30.8 Å². The second-order valence-corrected chi connectivity index (χ2v) is 8.59. The Labute approximate surface area is 173 Å². The molecule has 2 fully saturated rings. The Morgan fingerprint density at radius 2 is 2.17 bits per heavy atom. The molecule has 0 radical (unpaired) electrons. The average molecular weight is 407 g/mol. The number of halogens is 1. The minimum atomic E-state index is -0.309. The topological polar surface area (TPSA) is 63.0 Å². The predicted octanol–water partition coefficient (Wildman–Crippen LogP) is 2.85. The van der Waals surface area contributed by atoms with Crippen LogP contribution in [0.25, 0.3) is 5.65 Å². The minimum Gasteiger partial charge on any atom is -0.491 e. The Hall–Kier alpha value is -3.16. The Bertz CT molecular complexity index is 1190. The average Bonchev–Trinajstić information content (AvgIpc) is 3.14. The summed E-state index contributed by atoms with van der Waals surface area (Å²) >= 11 is 0. The highest BCUT2D eigenvalue weighted by Gasteiger charge is 2.64. The van der Waals surface area contributed by atoms with Gasteiger partial charge in [0.05, 0.1) is 17.8 Å². The molecule has 1 spiro atoms. The third-order valence-corrected chi connectivity index (χ3v) is 6.99. The third-order valence-electron chi connectivity index (χ3n) is 6.99. The maximum absolute atomic E-state index is 14.3. The first kappa shape index (κ1) is 17.7. The molecule has 8 heteroatoms. The quantitative estimate of drug-likeness (QED) is 0.574.